The summed E-state index contributed by atoms with van der Waals surface area (Å²) in [5.41, 5.74) is 2.85. The van der Waals surface area contributed by atoms with Crippen LogP contribution in [0.5, 0.6) is 0 Å². The number of amides is 1. The molecule has 3 heterocycles. The number of rotatable bonds is 7. The van der Waals surface area contributed by atoms with Gasteiger partial charge in [0.05, 0.1) is 10.4 Å². The number of carbonyl (C=O) groups is 1. The van der Waals surface area contributed by atoms with Crippen molar-refractivity contribution >= 4 is 32.8 Å². The van der Waals surface area contributed by atoms with E-state index in [2.05, 4.69) is 15.3 Å². The summed E-state index contributed by atoms with van der Waals surface area (Å²) < 4.78 is 28.6. The Bertz CT molecular complexity index is 1700. The van der Waals surface area contributed by atoms with Gasteiger partial charge in [-0.05, 0) is 42.0 Å². The first-order valence-corrected chi connectivity index (χ1v) is 13.8. The average molecular weight is 524 g/mol. The fourth-order valence-corrected chi connectivity index (χ4v) is 6.12. The maximum Gasteiger partial charge on any atom is 0.268 e. The number of hydrogen-bond acceptors (Lipinski definition) is 6. The van der Waals surface area contributed by atoms with Crippen LogP contribution in [0, 0.1) is 5.92 Å². The number of nitrogens with zero attached hydrogens (tertiary/aromatic N) is 4. The van der Waals surface area contributed by atoms with E-state index in [1.165, 1.54) is 16.1 Å². The maximum absolute atomic E-state index is 13.7. The van der Waals surface area contributed by atoms with E-state index in [0.29, 0.717) is 42.6 Å². The van der Waals surface area contributed by atoms with Crippen molar-refractivity contribution in [3.8, 4) is 11.1 Å². The zero-order chi connectivity index (χ0) is 26.1. The SMILES string of the molecule is O=C(c1ccc(S(=O)(=O)n2cc(-c3ccccc3)c3ccccc32)cc1)N1CC(CNc2ncccn2)C1. The van der Waals surface area contributed by atoms with E-state index in [-0.39, 0.29) is 10.8 Å². The number of aromatic nitrogens is 3. The van der Waals surface area contributed by atoms with Gasteiger partial charge in [0, 0.05) is 60.7 Å². The normalized spacial score (nSPS) is 13.8. The second-order valence-electron chi connectivity index (χ2n) is 9.28. The van der Waals surface area contributed by atoms with Crippen LogP contribution in [0.1, 0.15) is 10.4 Å². The maximum atomic E-state index is 13.7. The summed E-state index contributed by atoms with van der Waals surface area (Å²) in [7, 11) is -3.88. The van der Waals surface area contributed by atoms with Crippen molar-refractivity contribution in [3.63, 3.8) is 0 Å². The Hall–Kier alpha value is -4.50. The molecule has 0 radical (unpaired) electrons. The molecular formula is C29H25N5O3S. The van der Waals surface area contributed by atoms with Crippen LogP contribution in [-0.4, -0.2) is 52.8 Å². The number of benzene rings is 3. The first-order chi connectivity index (χ1) is 18.5. The minimum absolute atomic E-state index is 0.112. The van der Waals surface area contributed by atoms with Gasteiger partial charge in [-0.25, -0.2) is 22.4 Å². The Kier molecular flexibility index (Phi) is 6.13. The average Bonchev–Trinajstić information content (AvgIpc) is 3.34. The van der Waals surface area contributed by atoms with E-state index in [0.717, 1.165) is 16.5 Å². The molecule has 38 heavy (non-hydrogen) atoms. The molecule has 0 unspecified atom stereocenters. The molecule has 0 bridgehead atoms. The van der Waals surface area contributed by atoms with Gasteiger partial charge in [0.2, 0.25) is 5.95 Å². The number of para-hydroxylation sites is 1. The lowest BCUT2D eigenvalue weighted by atomic mass is 9.99. The third-order valence-corrected chi connectivity index (χ3v) is 8.47. The van der Waals surface area contributed by atoms with Gasteiger partial charge in [-0.15, -0.1) is 0 Å². The summed E-state index contributed by atoms with van der Waals surface area (Å²) in [5, 5.41) is 4.04. The Morgan fingerprint density at radius 3 is 2.29 bits per heavy atom. The largest absolute Gasteiger partial charge is 0.354 e. The molecule has 3 aromatic carbocycles. The lowest BCUT2D eigenvalue weighted by molar-refractivity contribution is 0.0521. The second kappa shape index (κ2) is 9.75. The molecule has 8 nitrogen and oxygen atoms in total. The summed E-state index contributed by atoms with van der Waals surface area (Å²) in [4.78, 5) is 23.1. The van der Waals surface area contributed by atoms with Crippen molar-refractivity contribution in [3.05, 3.63) is 109 Å². The van der Waals surface area contributed by atoms with Crippen LogP contribution in [0.2, 0.25) is 0 Å². The quantitative estimate of drug-likeness (QED) is 0.337. The molecule has 1 saturated heterocycles. The molecule has 5 aromatic rings. The van der Waals surface area contributed by atoms with E-state index in [9.17, 15) is 13.2 Å². The highest BCUT2D eigenvalue weighted by molar-refractivity contribution is 7.90. The molecule has 1 N–H and O–H groups in total. The van der Waals surface area contributed by atoms with Gasteiger partial charge in [-0.2, -0.15) is 0 Å². The minimum atomic E-state index is -3.88. The van der Waals surface area contributed by atoms with Crippen molar-refractivity contribution in [2.45, 2.75) is 4.90 Å². The molecular weight excluding hydrogens is 498 g/mol. The lowest BCUT2D eigenvalue weighted by Gasteiger charge is -2.39. The Morgan fingerprint density at radius 1 is 0.868 bits per heavy atom. The highest BCUT2D eigenvalue weighted by atomic mass is 32.2. The van der Waals surface area contributed by atoms with Crippen molar-refractivity contribution in [2.24, 2.45) is 5.92 Å². The van der Waals surface area contributed by atoms with Gasteiger partial charge in [0.25, 0.3) is 15.9 Å². The summed E-state index contributed by atoms with van der Waals surface area (Å²) in [6.45, 7) is 1.92. The smallest absolute Gasteiger partial charge is 0.268 e. The van der Waals surface area contributed by atoms with Crippen LogP contribution in [0.4, 0.5) is 5.95 Å². The molecule has 1 aliphatic rings. The molecule has 9 heteroatoms. The van der Waals surface area contributed by atoms with Gasteiger partial charge < -0.3 is 10.2 Å². The molecule has 6 rings (SSSR count). The van der Waals surface area contributed by atoms with E-state index in [4.69, 9.17) is 0 Å². The van der Waals surface area contributed by atoms with Crippen molar-refractivity contribution in [2.75, 3.05) is 25.0 Å². The third-order valence-electron chi connectivity index (χ3n) is 6.78. The van der Waals surface area contributed by atoms with Gasteiger partial charge in [-0.3, -0.25) is 4.79 Å². The molecule has 0 saturated carbocycles. The first kappa shape index (κ1) is 23.9. The van der Waals surface area contributed by atoms with E-state index < -0.39 is 10.0 Å². The zero-order valence-corrected chi connectivity index (χ0v) is 21.3. The van der Waals surface area contributed by atoms with Crippen molar-refractivity contribution < 1.29 is 13.2 Å². The van der Waals surface area contributed by atoms with Crippen LogP contribution in [0.3, 0.4) is 0 Å². The number of fused-ring (bicyclic) bond motifs is 1. The summed E-state index contributed by atoms with van der Waals surface area (Å²) in [6, 6.07) is 25.1. The molecule has 0 aliphatic carbocycles. The van der Waals surface area contributed by atoms with E-state index in [1.807, 2.05) is 48.5 Å². The van der Waals surface area contributed by atoms with Crippen LogP contribution in [0.25, 0.3) is 22.0 Å². The Balaban J connectivity index is 1.18. The molecule has 2 aromatic heterocycles. The van der Waals surface area contributed by atoms with Crippen LogP contribution < -0.4 is 5.32 Å². The Morgan fingerprint density at radius 2 is 1.55 bits per heavy atom. The number of anilines is 1. The van der Waals surface area contributed by atoms with Crippen LogP contribution >= 0.6 is 0 Å². The number of carbonyl (C=O) groups excluding carboxylic acids is 1. The fraction of sp³-hybridized carbons (Fsp3) is 0.138. The van der Waals surface area contributed by atoms with Gasteiger partial charge in [0.1, 0.15) is 0 Å². The predicted octanol–water partition coefficient (Wildman–Crippen LogP) is 4.52. The van der Waals surface area contributed by atoms with Gasteiger partial charge in [-0.1, -0.05) is 48.5 Å². The number of likely N-dealkylation sites (tertiary alicyclic amines) is 1. The fourth-order valence-electron chi connectivity index (χ4n) is 4.75. The zero-order valence-electron chi connectivity index (χ0n) is 20.4. The number of nitrogens with one attached hydrogen (secondary N) is 1. The van der Waals surface area contributed by atoms with Gasteiger partial charge in [0.15, 0.2) is 0 Å². The summed E-state index contributed by atoms with van der Waals surface area (Å²) in [5.74, 6) is 0.766. The second-order valence-corrected chi connectivity index (χ2v) is 11.1. The lowest BCUT2D eigenvalue weighted by Crippen LogP contribution is -2.52. The molecule has 0 atom stereocenters. The monoisotopic (exact) mass is 523 g/mol. The summed E-state index contributed by atoms with van der Waals surface area (Å²) in [6.07, 6.45) is 5.02. The molecule has 1 aliphatic heterocycles. The van der Waals surface area contributed by atoms with Crippen molar-refractivity contribution in [1.29, 1.82) is 0 Å². The first-order valence-electron chi connectivity index (χ1n) is 12.3. The topological polar surface area (TPSA) is 97.2 Å². The minimum Gasteiger partial charge on any atom is -0.354 e. The Labute approximate surface area is 220 Å². The van der Waals surface area contributed by atoms with Gasteiger partial charge >= 0.3 is 0 Å². The third kappa shape index (κ3) is 4.41. The molecule has 190 valence electrons. The van der Waals surface area contributed by atoms with Crippen LogP contribution in [-0.2, 0) is 10.0 Å². The van der Waals surface area contributed by atoms with Crippen LogP contribution in [0.15, 0.2) is 108 Å². The summed E-state index contributed by atoms with van der Waals surface area (Å²) >= 11 is 0. The highest BCUT2D eigenvalue weighted by Gasteiger charge is 2.31. The molecule has 1 amide bonds. The number of hydrogen-bond donors (Lipinski definition) is 1. The highest BCUT2D eigenvalue weighted by Crippen LogP contribution is 2.33. The molecule has 0 spiro atoms. The predicted molar refractivity (Wildman–Crippen MR) is 146 cm³/mol. The van der Waals surface area contributed by atoms with E-state index >= 15 is 0 Å². The molecule has 1 fully saturated rings. The van der Waals surface area contributed by atoms with E-state index in [1.54, 1.807) is 47.8 Å². The standard InChI is InChI=1S/C29H25N5O3S/c35-28(33-18-21(19-33)17-32-29-30-15-6-16-31-29)23-11-13-24(14-12-23)38(36,37)34-20-26(22-7-2-1-3-8-22)25-9-4-5-10-27(25)34/h1-16,20-21H,17-19H2,(H,30,31,32). The van der Waals surface area contributed by atoms with Crippen molar-refractivity contribution in [1.82, 2.24) is 18.8 Å².